The van der Waals surface area contributed by atoms with E-state index in [0.717, 1.165) is 11.5 Å². The first-order chi connectivity index (χ1) is 10.7. The quantitative estimate of drug-likeness (QED) is 0.611. The number of nitro benzene ring substituents is 1. The molecule has 2 aliphatic rings. The van der Waals surface area contributed by atoms with Gasteiger partial charge in [-0.15, -0.1) is 0 Å². The summed E-state index contributed by atoms with van der Waals surface area (Å²) >= 11 is 1.79. The normalized spacial score (nSPS) is 17.7. The van der Waals surface area contributed by atoms with Gasteiger partial charge < -0.3 is 14.4 Å². The lowest BCUT2D eigenvalue weighted by Gasteiger charge is -2.27. The van der Waals surface area contributed by atoms with Crippen LogP contribution in [0.2, 0.25) is 0 Å². The molecule has 1 aromatic carbocycles. The second-order valence-electron chi connectivity index (χ2n) is 5.03. The van der Waals surface area contributed by atoms with Crippen LogP contribution in [0.15, 0.2) is 12.1 Å². The van der Waals surface area contributed by atoms with E-state index in [1.165, 1.54) is 12.1 Å². The number of thioether (sulfide) groups is 1. The number of nitrogens with zero attached hydrogens (tertiary/aromatic N) is 2. The highest BCUT2D eigenvalue weighted by Gasteiger charge is 2.28. The van der Waals surface area contributed by atoms with E-state index in [9.17, 15) is 14.9 Å². The van der Waals surface area contributed by atoms with Crippen molar-refractivity contribution in [1.82, 2.24) is 4.90 Å². The molecule has 0 saturated carbocycles. The summed E-state index contributed by atoms with van der Waals surface area (Å²) in [5.41, 5.74) is 0.0667. The molecule has 1 amide bonds. The van der Waals surface area contributed by atoms with Gasteiger partial charge in [0.1, 0.15) is 0 Å². The van der Waals surface area contributed by atoms with Crippen molar-refractivity contribution in [2.24, 2.45) is 0 Å². The molecule has 1 fully saturated rings. The predicted octanol–water partition coefficient (Wildman–Crippen LogP) is 1.95. The van der Waals surface area contributed by atoms with Crippen LogP contribution in [0.5, 0.6) is 11.5 Å². The van der Waals surface area contributed by atoms with E-state index >= 15 is 0 Å². The molecule has 0 spiro atoms. The molecule has 0 radical (unpaired) electrons. The molecule has 1 aromatic rings. The van der Waals surface area contributed by atoms with Crippen molar-refractivity contribution >= 4 is 23.4 Å². The van der Waals surface area contributed by atoms with Crippen molar-refractivity contribution in [2.75, 3.05) is 37.8 Å². The van der Waals surface area contributed by atoms with Crippen LogP contribution in [0, 0.1) is 10.1 Å². The lowest BCUT2D eigenvalue weighted by Crippen LogP contribution is -2.38. The van der Waals surface area contributed by atoms with Crippen LogP contribution in [0.4, 0.5) is 5.69 Å². The maximum atomic E-state index is 12.7. The van der Waals surface area contributed by atoms with Gasteiger partial charge in [0, 0.05) is 37.1 Å². The van der Waals surface area contributed by atoms with Crippen LogP contribution < -0.4 is 9.47 Å². The maximum Gasteiger partial charge on any atom is 0.274 e. The molecule has 0 N–H and O–H groups in total. The Morgan fingerprint density at radius 3 is 2.68 bits per heavy atom. The number of rotatable bonds is 2. The molecule has 8 heteroatoms. The summed E-state index contributed by atoms with van der Waals surface area (Å²) < 4.78 is 11.1. The van der Waals surface area contributed by atoms with Gasteiger partial charge in [-0.25, -0.2) is 0 Å². The zero-order chi connectivity index (χ0) is 15.5. The molecule has 22 heavy (non-hydrogen) atoms. The first-order valence-corrected chi connectivity index (χ1v) is 8.27. The van der Waals surface area contributed by atoms with Crippen molar-refractivity contribution in [3.63, 3.8) is 0 Å². The zero-order valence-corrected chi connectivity index (χ0v) is 12.8. The average molecular weight is 324 g/mol. The second-order valence-corrected chi connectivity index (χ2v) is 6.26. The van der Waals surface area contributed by atoms with Gasteiger partial charge in [0.15, 0.2) is 11.5 Å². The number of amides is 1. The van der Waals surface area contributed by atoms with E-state index in [0.29, 0.717) is 38.5 Å². The molecular formula is C14H16N2O5S. The predicted molar refractivity (Wildman–Crippen MR) is 81.9 cm³/mol. The Bertz CT molecular complexity index is 601. The largest absolute Gasteiger partial charge is 0.489 e. The molecule has 118 valence electrons. The van der Waals surface area contributed by atoms with Gasteiger partial charge in [-0.05, 0) is 0 Å². The first kappa shape index (κ1) is 15.0. The fourth-order valence-corrected chi connectivity index (χ4v) is 3.36. The molecule has 0 aromatic heterocycles. The van der Waals surface area contributed by atoms with Crippen molar-refractivity contribution < 1.29 is 19.2 Å². The van der Waals surface area contributed by atoms with E-state index in [-0.39, 0.29) is 22.9 Å². The molecule has 3 rings (SSSR count). The van der Waals surface area contributed by atoms with Gasteiger partial charge in [0.25, 0.3) is 11.6 Å². The van der Waals surface area contributed by atoms with Crippen molar-refractivity contribution in [2.45, 2.75) is 6.42 Å². The third-order valence-corrected chi connectivity index (χ3v) is 4.51. The molecule has 7 nitrogen and oxygen atoms in total. The summed E-state index contributed by atoms with van der Waals surface area (Å²) in [5, 5.41) is 11.1. The van der Waals surface area contributed by atoms with E-state index in [1.807, 2.05) is 0 Å². The maximum absolute atomic E-state index is 12.7. The molecule has 0 unspecified atom stereocenters. The number of hydrogen-bond donors (Lipinski definition) is 0. The Labute approximate surface area is 131 Å². The van der Waals surface area contributed by atoms with Crippen molar-refractivity contribution in [3.8, 4) is 11.5 Å². The van der Waals surface area contributed by atoms with Gasteiger partial charge in [-0.2, -0.15) is 11.8 Å². The number of benzene rings is 1. The third kappa shape index (κ3) is 2.96. The number of ether oxygens (including phenoxy) is 2. The van der Waals surface area contributed by atoms with Gasteiger partial charge in [-0.3, -0.25) is 14.9 Å². The van der Waals surface area contributed by atoms with E-state index in [2.05, 4.69) is 0 Å². The second kappa shape index (κ2) is 6.43. The Balaban J connectivity index is 2.01. The summed E-state index contributed by atoms with van der Waals surface area (Å²) in [6.45, 7) is 2.13. The van der Waals surface area contributed by atoms with Gasteiger partial charge in [0.2, 0.25) is 0 Å². The van der Waals surface area contributed by atoms with Gasteiger partial charge >= 0.3 is 0 Å². The van der Waals surface area contributed by atoms with E-state index in [1.54, 1.807) is 16.7 Å². The van der Waals surface area contributed by atoms with E-state index < -0.39 is 4.92 Å². The number of carbonyl (C=O) groups excluding carboxylic acids is 1. The molecule has 2 heterocycles. The van der Waals surface area contributed by atoms with Crippen molar-refractivity contribution in [3.05, 3.63) is 27.8 Å². The molecule has 0 atom stereocenters. The summed E-state index contributed by atoms with van der Waals surface area (Å²) in [7, 11) is 0. The Kier molecular flexibility index (Phi) is 4.37. The minimum absolute atomic E-state index is 0.154. The summed E-state index contributed by atoms with van der Waals surface area (Å²) in [4.78, 5) is 25.0. The topological polar surface area (TPSA) is 81.9 Å². The Hall–Kier alpha value is -1.96. The minimum atomic E-state index is -0.517. The first-order valence-electron chi connectivity index (χ1n) is 7.12. The highest BCUT2D eigenvalue weighted by atomic mass is 32.2. The van der Waals surface area contributed by atoms with Crippen LogP contribution in [-0.2, 0) is 0 Å². The highest BCUT2D eigenvalue weighted by molar-refractivity contribution is 7.99. The van der Waals surface area contributed by atoms with E-state index in [4.69, 9.17) is 9.47 Å². The lowest BCUT2D eigenvalue weighted by atomic mass is 10.1. The minimum Gasteiger partial charge on any atom is -0.489 e. The number of nitro groups is 1. The van der Waals surface area contributed by atoms with Crippen LogP contribution >= 0.6 is 11.8 Å². The number of fused-ring (bicyclic) bond motifs is 1. The van der Waals surface area contributed by atoms with Crippen LogP contribution in [0.1, 0.15) is 16.8 Å². The fraction of sp³-hybridized carbons (Fsp3) is 0.500. The monoisotopic (exact) mass is 324 g/mol. The number of hydrogen-bond acceptors (Lipinski definition) is 6. The zero-order valence-electron chi connectivity index (χ0n) is 11.9. The smallest absolute Gasteiger partial charge is 0.274 e. The average Bonchev–Trinajstić information content (AvgIpc) is 2.79. The molecule has 2 aliphatic heterocycles. The Morgan fingerprint density at radius 2 is 1.95 bits per heavy atom. The van der Waals surface area contributed by atoms with Crippen molar-refractivity contribution in [1.29, 1.82) is 0 Å². The lowest BCUT2D eigenvalue weighted by molar-refractivity contribution is -0.385. The number of carbonyl (C=O) groups is 1. The molecule has 1 saturated heterocycles. The fourth-order valence-electron chi connectivity index (χ4n) is 2.46. The molecule has 0 bridgehead atoms. The Morgan fingerprint density at radius 1 is 1.23 bits per heavy atom. The summed E-state index contributed by atoms with van der Waals surface area (Å²) in [5.74, 6) is 2.12. The molecular weight excluding hydrogens is 308 g/mol. The number of non-ortho nitro benzene ring substituents is 1. The van der Waals surface area contributed by atoms with Crippen LogP contribution in [0.3, 0.4) is 0 Å². The van der Waals surface area contributed by atoms with Crippen LogP contribution in [-0.4, -0.2) is 53.5 Å². The standard InChI is InChI=1S/C14H16N2O5S/c17-14(15-2-6-22-7-3-15)11-8-10(16(18)19)9-12-13(11)21-5-1-4-20-12/h8-9H,1-7H2. The van der Waals surface area contributed by atoms with Gasteiger partial charge in [-0.1, -0.05) is 0 Å². The van der Waals surface area contributed by atoms with Gasteiger partial charge in [0.05, 0.1) is 29.8 Å². The highest BCUT2D eigenvalue weighted by Crippen LogP contribution is 2.38. The SMILES string of the molecule is O=C(c1cc([N+](=O)[O-])cc2c1OCCCO2)N1CCSCC1. The summed E-state index contributed by atoms with van der Waals surface area (Å²) in [6, 6.07) is 2.61. The third-order valence-electron chi connectivity index (χ3n) is 3.57. The van der Waals surface area contributed by atoms with Crippen LogP contribution in [0.25, 0.3) is 0 Å². The summed E-state index contributed by atoms with van der Waals surface area (Å²) in [6.07, 6.45) is 0.677. The molecule has 0 aliphatic carbocycles.